The Morgan fingerprint density at radius 3 is 3.20 bits per heavy atom. The van der Waals surface area contributed by atoms with Gasteiger partial charge < -0.3 is 15.7 Å². The fourth-order valence-electron chi connectivity index (χ4n) is 2.38. The number of hydrogen-bond donors (Lipinski definition) is 2. The molecule has 3 rings (SSSR count). The molecule has 104 valence electrons. The predicted octanol–water partition coefficient (Wildman–Crippen LogP) is 0.939. The second-order valence-electron chi connectivity index (χ2n) is 4.65. The molecule has 1 aromatic heterocycles. The number of ether oxygens (including phenoxy) is 1. The van der Waals surface area contributed by atoms with Gasteiger partial charge in [0.1, 0.15) is 12.1 Å². The summed E-state index contributed by atoms with van der Waals surface area (Å²) < 4.78 is 7.34. The van der Waals surface area contributed by atoms with E-state index in [0.29, 0.717) is 19.1 Å². The Labute approximate surface area is 115 Å². The number of rotatable bonds is 3. The molecule has 0 aliphatic carbocycles. The summed E-state index contributed by atoms with van der Waals surface area (Å²) in [6, 6.07) is 8.02. The quantitative estimate of drug-likeness (QED) is 0.375. The Morgan fingerprint density at radius 1 is 1.50 bits per heavy atom. The molecule has 0 fully saturated rings. The van der Waals surface area contributed by atoms with Crippen LogP contribution in [0.3, 0.4) is 0 Å². The third-order valence-electron chi connectivity index (χ3n) is 3.36. The zero-order valence-electron chi connectivity index (χ0n) is 10.8. The van der Waals surface area contributed by atoms with Gasteiger partial charge in [0, 0.05) is 12.5 Å². The minimum absolute atomic E-state index is 0.0869. The molecule has 0 saturated heterocycles. The highest BCUT2D eigenvalue weighted by Gasteiger charge is 2.22. The highest BCUT2D eigenvalue weighted by molar-refractivity contribution is 5.93. The van der Waals surface area contributed by atoms with Crippen molar-refractivity contribution in [1.29, 1.82) is 0 Å². The van der Waals surface area contributed by atoms with Crippen LogP contribution in [0.25, 0.3) is 0 Å². The first-order chi connectivity index (χ1) is 9.78. The fraction of sp³-hybridized carbons (Fsp3) is 0.308. The van der Waals surface area contributed by atoms with Gasteiger partial charge in [0.05, 0.1) is 6.61 Å². The number of nitrogens with zero attached hydrogens (tertiary/aromatic N) is 4. The SMILES string of the molecule is N/C(=N/O)c1ncn(CC2CCOc3ccccc32)n1. The second-order valence-corrected chi connectivity index (χ2v) is 4.65. The number of aromatic nitrogens is 3. The number of hydrogen-bond acceptors (Lipinski definition) is 5. The van der Waals surface area contributed by atoms with E-state index in [4.69, 9.17) is 15.7 Å². The van der Waals surface area contributed by atoms with Gasteiger partial charge in [-0.3, -0.25) is 4.68 Å². The summed E-state index contributed by atoms with van der Waals surface area (Å²) in [5, 5.41) is 15.7. The molecule has 7 heteroatoms. The van der Waals surface area contributed by atoms with Gasteiger partial charge in [0.25, 0.3) is 0 Å². The molecule has 2 heterocycles. The van der Waals surface area contributed by atoms with E-state index in [1.165, 1.54) is 5.56 Å². The van der Waals surface area contributed by atoms with Crippen molar-refractivity contribution in [2.45, 2.75) is 18.9 Å². The topological polar surface area (TPSA) is 98.6 Å². The average molecular weight is 273 g/mol. The molecule has 0 saturated carbocycles. The number of fused-ring (bicyclic) bond motifs is 1. The highest BCUT2D eigenvalue weighted by Crippen LogP contribution is 2.34. The lowest BCUT2D eigenvalue weighted by Gasteiger charge is -2.25. The van der Waals surface area contributed by atoms with Gasteiger partial charge in [0.2, 0.25) is 11.7 Å². The van der Waals surface area contributed by atoms with Crippen LogP contribution in [0.2, 0.25) is 0 Å². The van der Waals surface area contributed by atoms with Gasteiger partial charge >= 0.3 is 0 Å². The summed E-state index contributed by atoms with van der Waals surface area (Å²) in [6.45, 7) is 1.38. The van der Waals surface area contributed by atoms with Crippen LogP contribution in [0.5, 0.6) is 5.75 Å². The molecule has 0 bridgehead atoms. The summed E-state index contributed by atoms with van der Waals surface area (Å²) in [5.74, 6) is 1.39. The molecule has 3 N–H and O–H groups in total. The second kappa shape index (κ2) is 5.20. The van der Waals surface area contributed by atoms with Gasteiger partial charge in [0.15, 0.2) is 0 Å². The molecule has 0 radical (unpaired) electrons. The lowest BCUT2D eigenvalue weighted by Crippen LogP contribution is -2.20. The third kappa shape index (κ3) is 2.29. The van der Waals surface area contributed by atoms with Crippen LogP contribution in [-0.4, -0.2) is 32.4 Å². The van der Waals surface area contributed by atoms with E-state index in [1.54, 1.807) is 11.0 Å². The maximum absolute atomic E-state index is 8.61. The van der Waals surface area contributed by atoms with Crippen LogP contribution >= 0.6 is 0 Å². The summed E-state index contributed by atoms with van der Waals surface area (Å²) in [4.78, 5) is 4.01. The Hall–Kier alpha value is -2.57. The minimum atomic E-state index is -0.0869. The summed E-state index contributed by atoms with van der Waals surface area (Å²) >= 11 is 0. The summed E-state index contributed by atoms with van der Waals surface area (Å²) in [6.07, 6.45) is 2.52. The smallest absolute Gasteiger partial charge is 0.219 e. The number of para-hydroxylation sites is 1. The lowest BCUT2D eigenvalue weighted by atomic mass is 9.93. The monoisotopic (exact) mass is 273 g/mol. The van der Waals surface area contributed by atoms with Gasteiger partial charge in [-0.25, -0.2) is 4.98 Å². The number of oxime groups is 1. The molecule has 0 spiro atoms. The molecule has 1 unspecified atom stereocenters. The first-order valence-electron chi connectivity index (χ1n) is 6.37. The van der Waals surface area contributed by atoms with Crippen molar-refractivity contribution in [3.05, 3.63) is 42.0 Å². The van der Waals surface area contributed by atoms with Gasteiger partial charge in [-0.2, -0.15) is 0 Å². The van der Waals surface area contributed by atoms with Gasteiger partial charge in [-0.05, 0) is 18.1 Å². The van der Waals surface area contributed by atoms with E-state index in [-0.39, 0.29) is 11.7 Å². The van der Waals surface area contributed by atoms with Crippen LogP contribution in [0.1, 0.15) is 23.7 Å². The molecule has 2 aromatic rings. The van der Waals surface area contributed by atoms with Crippen molar-refractivity contribution in [3.8, 4) is 5.75 Å². The zero-order chi connectivity index (χ0) is 13.9. The Balaban J connectivity index is 1.81. The van der Waals surface area contributed by atoms with Crippen molar-refractivity contribution < 1.29 is 9.94 Å². The molecule has 1 aliphatic heterocycles. The van der Waals surface area contributed by atoms with Crippen molar-refractivity contribution in [2.24, 2.45) is 10.9 Å². The number of amidine groups is 1. The molecule has 7 nitrogen and oxygen atoms in total. The number of benzene rings is 1. The molecule has 1 aromatic carbocycles. The third-order valence-corrected chi connectivity index (χ3v) is 3.36. The molecular weight excluding hydrogens is 258 g/mol. The van der Waals surface area contributed by atoms with E-state index in [2.05, 4.69) is 21.3 Å². The maximum Gasteiger partial charge on any atom is 0.219 e. The predicted molar refractivity (Wildman–Crippen MR) is 71.8 cm³/mol. The molecule has 20 heavy (non-hydrogen) atoms. The van der Waals surface area contributed by atoms with Crippen LogP contribution in [0, 0.1) is 0 Å². The standard InChI is InChI=1S/C13H15N5O2/c14-12(17-19)13-15-8-18(16-13)7-9-5-6-20-11-4-2-1-3-10(9)11/h1-4,8-9,19H,5-7H2,(H2,14,17). The van der Waals surface area contributed by atoms with E-state index in [0.717, 1.165) is 12.2 Å². The largest absolute Gasteiger partial charge is 0.493 e. The van der Waals surface area contributed by atoms with Crippen LogP contribution in [-0.2, 0) is 6.54 Å². The maximum atomic E-state index is 8.61. The summed E-state index contributed by atoms with van der Waals surface area (Å²) in [7, 11) is 0. The summed E-state index contributed by atoms with van der Waals surface area (Å²) in [5.41, 5.74) is 6.64. The first kappa shape index (κ1) is 12.5. The van der Waals surface area contributed by atoms with Crippen LogP contribution in [0.4, 0.5) is 0 Å². The Bertz CT molecular complexity index is 637. The molecule has 0 amide bonds. The Kier molecular flexibility index (Phi) is 3.24. The lowest BCUT2D eigenvalue weighted by molar-refractivity contribution is 0.256. The van der Waals surface area contributed by atoms with E-state index in [1.807, 2.05) is 18.2 Å². The first-order valence-corrected chi connectivity index (χ1v) is 6.37. The zero-order valence-corrected chi connectivity index (χ0v) is 10.8. The van der Waals surface area contributed by atoms with E-state index in [9.17, 15) is 0 Å². The fourth-order valence-corrected chi connectivity index (χ4v) is 2.38. The Morgan fingerprint density at radius 2 is 2.35 bits per heavy atom. The normalized spacial score (nSPS) is 18.4. The molecular formula is C13H15N5O2. The highest BCUT2D eigenvalue weighted by atomic mass is 16.5. The van der Waals surface area contributed by atoms with Crippen molar-refractivity contribution in [1.82, 2.24) is 14.8 Å². The van der Waals surface area contributed by atoms with Crippen molar-refractivity contribution >= 4 is 5.84 Å². The molecule has 1 atom stereocenters. The molecule has 1 aliphatic rings. The number of nitrogens with two attached hydrogens (primary N) is 1. The van der Waals surface area contributed by atoms with Gasteiger partial charge in [-0.1, -0.05) is 23.4 Å². The van der Waals surface area contributed by atoms with Crippen LogP contribution < -0.4 is 10.5 Å². The average Bonchev–Trinajstić information content (AvgIpc) is 2.95. The van der Waals surface area contributed by atoms with Crippen molar-refractivity contribution in [3.63, 3.8) is 0 Å². The minimum Gasteiger partial charge on any atom is -0.493 e. The van der Waals surface area contributed by atoms with Crippen molar-refractivity contribution in [2.75, 3.05) is 6.61 Å². The van der Waals surface area contributed by atoms with E-state index < -0.39 is 0 Å². The van der Waals surface area contributed by atoms with E-state index >= 15 is 0 Å². The van der Waals surface area contributed by atoms with Gasteiger partial charge in [-0.15, -0.1) is 5.10 Å². The van der Waals surface area contributed by atoms with Crippen LogP contribution in [0.15, 0.2) is 35.7 Å².